The molecule has 2 rings (SSSR count). The Kier molecular flexibility index (Phi) is 5.33. The highest BCUT2D eigenvalue weighted by atomic mass is 32.2. The van der Waals surface area contributed by atoms with Gasteiger partial charge in [0.05, 0.1) is 5.60 Å². The van der Waals surface area contributed by atoms with Gasteiger partial charge in [0.25, 0.3) is 0 Å². The van der Waals surface area contributed by atoms with Crippen molar-refractivity contribution in [2.45, 2.75) is 37.3 Å². The van der Waals surface area contributed by atoms with E-state index in [1.54, 1.807) is 0 Å². The van der Waals surface area contributed by atoms with E-state index in [4.69, 9.17) is 4.74 Å². The Morgan fingerprint density at radius 1 is 1.44 bits per heavy atom. The number of rotatable bonds is 4. The highest BCUT2D eigenvalue weighted by Gasteiger charge is 2.38. The molecule has 0 aromatic rings. The van der Waals surface area contributed by atoms with Crippen molar-refractivity contribution in [3.05, 3.63) is 0 Å². The Hall–Kier alpha value is 0.620. The molecule has 0 aromatic carbocycles. The van der Waals surface area contributed by atoms with Gasteiger partial charge < -0.3 is 10.1 Å². The second kappa shape index (κ2) is 6.53. The summed E-state index contributed by atoms with van der Waals surface area (Å²) in [5.41, 5.74) is 0.237. The molecule has 16 heavy (non-hydrogen) atoms. The van der Waals surface area contributed by atoms with Crippen LogP contribution in [0, 0.1) is 0 Å². The van der Waals surface area contributed by atoms with E-state index in [1.807, 2.05) is 11.8 Å². The minimum atomic E-state index is 0.237. The fourth-order valence-electron chi connectivity index (χ4n) is 2.66. The minimum absolute atomic E-state index is 0.237. The molecule has 2 aliphatic rings. The summed E-state index contributed by atoms with van der Waals surface area (Å²) in [5.74, 6) is 3.80. The van der Waals surface area contributed by atoms with E-state index in [1.165, 1.54) is 42.9 Å². The van der Waals surface area contributed by atoms with Crippen LogP contribution in [0.3, 0.4) is 0 Å². The first-order valence-electron chi connectivity index (χ1n) is 6.29. The maximum atomic E-state index is 6.08. The summed E-state index contributed by atoms with van der Waals surface area (Å²) < 4.78 is 6.08. The molecule has 94 valence electrons. The molecule has 4 heteroatoms. The van der Waals surface area contributed by atoms with Crippen molar-refractivity contribution in [1.82, 2.24) is 5.32 Å². The first-order chi connectivity index (χ1) is 7.85. The SMILES string of the molecule is CSCCNC1CCOC2(CCSCC2)C1. The minimum Gasteiger partial charge on any atom is -0.375 e. The standard InChI is InChI=1S/C12H23NOS2/c1-15-9-5-13-11-2-6-14-12(10-11)3-7-16-8-4-12/h11,13H,2-10H2,1H3. The van der Waals surface area contributed by atoms with Gasteiger partial charge in [-0.2, -0.15) is 23.5 Å². The van der Waals surface area contributed by atoms with Crippen LogP contribution in [0.5, 0.6) is 0 Å². The van der Waals surface area contributed by atoms with Gasteiger partial charge in [0.1, 0.15) is 0 Å². The van der Waals surface area contributed by atoms with Gasteiger partial charge >= 0.3 is 0 Å². The number of hydrogen-bond acceptors (Lipinski definition) is 4. The monoisotopic (exact) mass is 261 g/mol. The van der Waals surface area contributed by atoms with Gasteiger partial charge in [-0.1, -0.05) is 0 Å². The van der Waals surface area contributed by atoms with Crippen LogP contribution in [0.2, 0.25) is 0 Å². The van der Waals surface area contributed by atoms with E-state index >= 15 is 0 Å². The molecule has 2 aliphatic heterocycles. The molecule has 0 bridgehead atoms. The van der Waals surface area contributed by atoms with Crippen LogP contribution in [-0.4, -0.2) is 48.3 Å². The molecule has 2 saturated heterocycles. The zero-order valence-electron chi connectivity index (χ0n) is 10.2. The van der Waals surface area contributed by atoms with Crippen molar-refractivity contribution in [3.63, 3.8) is 0 Å². The first-order valence-corrected chi connectivity index (χ1v) is 8.84. The molecular formula is C12H23NOS2. The van der Waals surface area contributed by atoms with Crippen LogP contribution < -0.4 is 5.32 Å². The molecule has 2 nitrogen and oxygen atoms in total. The Morgan fingerprint density at radius 3 is 3.00 bits per heavy atom. The molecule has 1 N–H and O–H groups in total. The zero-order chi connectivity index (χ0) is 11.3. The average Bonchev–Trinajstić information content (AvgIpc) is 2.31. The topological polar surface area (TPSA) is 21.3 Å². The van der Waals surface area contributed by atoms with E-state index in [0.29, 0.717) is 6.04 Å². The van der Waals surface area contributed by atoms with Gasteiger partial charge in [-0.25, -0.2) is 0 Å². The van der Waals surface area contributed by atoms with Crippen LogP contribution in [0.1, 0.15) is 25.7 Å². The van der Waals surface area contributed by atoms with Crippen LogP contribution in [-0.2, 0) is 4.74 Å². The van der Waals surface area contributed by atoms with Crippen molar-refractivity contribution in [1.29, 1.82) is 0 Å². The molecule has 1 atom stereocenters. The maximum absolute atomic E-state index is 6.08. The Balaban J connectivity index is 1.78. The molecule has 1 unspecified atom stereocenters. The summed E-state index contributed by atoms with van der Waals surface area (Å²) >= 11 is 4.00. The maximum Gasteiger partial charge on any atom is 0.0713 e. The van der Waals surface area contributed by atoms with Crippen LogP contribution >= 0.6 is 23.5 Å². The third-order valence-electron chi connectivity index (χ3n) is 3.64. The Bertz CT molecular complexity index is 202. The number of nitrogens with one attached hydrogen (secondary N) is 1. The zero-order valence-corrected chi connectivity index (χ0v) is 11.8. The first kappa shape index (κ1) is 13.1. The number of hydrogen-bond donors (Lipinski definition) is 1. The van der Waals surface area contributed by atoms with E-state index in [0.717, 1.165) is 13.2 Å². The lowest BCUT2D eigenvalue weighted by Gasteiger charge is -2.43. The molecule has 0 amide bonds. The van der Waals surface area contributed by atoms with Crippen molar-refractivity contribution < 1.29 is 4.74 Å². The molecule has 0 radical (unpaired) electrons. The largest absolute Gasteiger partial charge is 0.375 e. The van der Waals surface area contributed by atoms with Gasteiger partial charge in [0.2, 0.25) is 0 Å². The summed E-state index contributed by atoms with van der Waals surface area (Å²) in [6, 6.07) is 0.698. The number of thioether (sulfide) groups is 2. The predicted octanol–water partition coefficient (Wildman–Crippen LogP) is 2.38. The van der Waals surface area contributed by atoms with E-state index in [2.05, 4.69) is 23.3 Å². The van der Waals surface area contributed by atoms with Crippen molar-refractivity contribution in [2.24, 2.45) is 0 Å². The third kappa shape index (κ3) is 3.56. The third-order valence-corrected chi connectivity index (χ3v) is 5.23. The summed E-state index contributed by atoms with van der Waals surface area (Å²) in [6.07, 6.45) is 7.13. The lowest BCUT2D eigenvalue weighted by molar-refractivity contribution is -0.0929. The van der Waals surface area contributed by atoms with Gasteiger partial charge in [-0.05, 0) is 43.4 Å². The predicted molar refractivity (Wildman–Crippen MR) is 74.6 cm³/mol. The van der Waals surface area contributed by atoms with Crippen LogP contribution in [0.25, 0.3) is 0 Å². The highest BCUT2D eigenvalue weighted by Crippen LogP contribution is 2.37. The van der Waals surface area contributed by atoms with Gasteiger partial charge in [-0.15, -0.1) is 0 Å². The van der Waals surface area contributed by atoms with Gasteiger partial charge in [0, 0.05) is 24.9 Å². The van der Waals surface area contributed by atoms with E-state index < -0.39 is 0 Å². The van der Waals surface area contributed by atoms with Crippen molar-refractivity contribution >= 4 is 23.5 Å². The second-order valence-corrected chi connectivity index (χ2v) is 6.99. The fraction of sp³-hybridized carbons (Fsp3) is 1.00. The molecule has 1 spiro atoms. The Labute approximate surface area is 108 Å². The number of ether oxygens (including phenoxy) is 1. The summed E-state index contributed by atoms with van der Waals surface area (Å²) in [4.78, 5) is 0. The highest BCUT2D eigenvalue weighted by molar-refractivity contribution is 7.99. The lowest BCUT2D eigenvalue weighted by Crippen LogP contribution is -2.49. The van der Waals surface area contributed by atoms with Gasteiger partial charge in [0.15, 0.2) is 0 Å². The van der Waals surface area contributed by atoms with Crippen LogP contribution in [0.4, 0.5) is 0 Å². The molecule has 0 aromatic heterocycles. The summed E-state index contributed by atoms with van der Waals surface area (Å²) in [6.45, 7) is 2.11. The summed E-state index contributed by atoms with van der Waals surface area (Å²) in [7, 11) is 0. The normalized spacial score (nSPS) is 29.4. The average molecular weight is 261 g/mol. The van der Waals surface area contributed by atoms with Crippen molar-refractivity contribution in [2.75, 3.05) is 36.7 Å². The molecular weight excluding hydrogens is 238 g/mol. The molecule has 2 fully saturated rings. The fourth-order valence-corrected chi connectivity index (χ4v) is 4.22. The molecule has 0 saturated carbocycles. The van der Waals surface area contributed by atoms with Crippen molar-refractivity contribution in [3.8, 4) is 0 Å². The quantitative estimate of drug-likeness (QED) is 0.784. The smallest absolute Gasteiger partial charge is 0.0713 e. The van der Waals surface area contributed by atoms with E-state index in [9.17, 15) is 0 Å². The second-order valence-electron chi connectivity index (χ2n) is 4.78. The van der Waals surface area contributed by atoms with Crippen LogP contribution in [0.15, 0.2) is 0 Å². The van der Waals surface area contributed by atoms with Gasteiger partial charge in [-0.3, -0.25) is 0 Å². The van der Waals surface area contributed by atoms with E-state index in [-0.39, 0.29) is 5.60 Å². The molecule has 0 aliphatic carbocycles. The molecule has 2 heterocycles. The summed E-state index contributed by atoms with van der Waals surface area (Å²) in [5, 5.41) is 3.69. The Morgan fingerprint density at radius 2 is 2.25 bits per heavy atom. The lowest BCUT2D eigenvalue weighted by atomic mass is 9.85.